The molecule has 0 atom stereocenters. The summed E-state index contributed by atoms with van der Waals surface area (Å²) in [4.78, 5) is 10.5. The Morgan fingerprint density at radius 1 is 1.08 bits per heavy atom. The van der Waals surface area contributed by atoms with Crippen molar-refractivity contribution in [2.24, 2.45) is 0 Å². The number of benzene rings is 2. The molecule has 0 aliphatic rings. The topological polar surface area (TPSA) is 95.7 Å². The third-order valence-corrected chi connectivity index (χ3v) is 4.67. The maximum Gasteiger partial charge on any atom is 0.277 e. The molecule has 7 nitrogen and oxygen atoms in total. The Morgan fingerprint density at radius 3 is 2.40 bits per heavy atom. The number of nitrogens with zero attached hydrogens (tertiary/aromatic N) is 1. The second kappa shape index (κ2) is 7.80. The molecular weight excluding hydrogens is 346 g/mol. The van der Waals surface area contributed by atoms with Crippen molar-refractivity contribution in [3.05, 3.63) is 69.1 Å². The van der Waals surface area contributed by atoms with E-state index in [9.17, 15) is 18.5 Å². The zero-order valence-electron chi connectivity index (χ0n) is 13.7. The normalized spacial score (nSPS) is 11.4. The Labute approximate surface area is 145 Å². The number of nitro groups is 1. The van der Waals surface area contributed by atoms with Gasteiger partial charge in [-0.25, -0.2) is 8.42 Å². The molecule has 132 valence electrons. The second-order valence-electron chi connectivity index (χ2n) is 5.14. The van der Waals surface area contributed by atoms with Gasteiger partial charge in [0.15, 0.2) is 9.84 Å². The third-order valence-electron chi connectivity index (χ3n) is 3.41. The molecule has 0 saturated carbocycles. The fourth-order valence-corrected chi connectivity index (χ4v) is 3.29. The molecule has 0 radical (unpaired) electrons. The number of methoxy groups -OCH3 is 2. The number of hydrogen-bond acceptors (Lipinski definition) is 6. The van der Waals surface area contributed by atoms with Gasteiger partial charge in [-0.1, -0.05) is 12.1 Å². The number of sulfone groups is 1. The highest BCUT2D eigenvalue weighted by Gasteiger charge is 2.19. The van der Waals surface area contributed by atoms with Crippen LogP contribution in [0.25, 0.3) is 6.08 Å². The van der Waals surface area contributed by atoms with Crippen molar-refractivity contribution in [1.29, 1.82) is 0 Å². The second-order valence-corrected chi connectivity index (χ2v) is 7.02. The Bertz CT molecular complexity index is 905. The van der Waals surface area contributed by atoms with Crippen molar-refractivity contribution < 1.29 is 22.8 Å². The van der Waals surface area contributed by atoms with Crippen molar-refractivity contribution in [2.45, 2.75) is 5.75 Å². The largest absolute Gasteiger partial charge is 0.497 e. The standard InChI is InChI=1S/C17H17NO6S/c1-23-15-5-3-4-13(10-15)8-9-25(21,22)12-14-6-7-16(24-2)11-17(14)18(19)20/h3-11H,12H2,1-2H3. The minimum atomic E-state index is -3.69. The van der Waals surface area contributed by atoms with Crippen LogP contribution in [0.2, 0.25) is 0 Å². The van der Waals surface area contributed by atoms with Crippen LogP contribution in [0.15, 0.2) is 47.9 Å². The fraction of sp³-hybridized carbons (Fsp3) is 0.176. The highest BCUT2D eigenvalue weighted by molar-refractivity contribution is 7.93. The summed E-state index contributed by atoms with van der Waals surface area (Å²) in [5.41, 5.74) is 0.450. The summed E-state index contributed by atoms with van der Waals surface area (Å²) < 4.78 is 34.6. The summed E-state index contributed by atoms with van der Waals surface area (Å²) in [5.74, 6) is 0.415. The first-order chi connectivity index (χ1) is 11.8. The maximum atomic E-state index is 12.3. The Hall–Kier alpha value is -2.87. The lowest BCUT2D eigenvalue weighted by molar-refractivity contribution is -0.385. The molecule has 0 aliphatic heterocycles. The summed E-state index contributed by atoms with van der Waals surface area (Å²) >= 11 is 0. The Balaban J connectivity index is 2.26. The van der Waals surface area contributed by atoms with Crippen molar-refractivity contribution in [2.75, 3.05) is 14.2 Å². The van der Waals surface area contributed by atoms with Crippen LogP contribution in [-0.4, -0.2) is 27.6 Å². The van der Waals surface area contributed by atoms with E-state index in [4.69, 9.17) is 9.47 Å². The lowest BCUT2D eigenvalue weighted by Crippen LogP contribution is -2.04. The number of rotatable bonds is 7. The number of nitro benzene ring substituents is 1. The average Bonchev–Trinajstić information content (AvgIpc) is 2.60. The van der Waals surface area contributed by atoms with Crippen LogP contribution in [0.3, 0.4) is 0 Å². The maximum absolute atomic E-state index is 12.3. The van der Waals surface area contributed by atoms with Crippen LogP contribution in [0, 0.1) is 10.1 Å². The average molecular weight is 363 g/mol. The predicted octanol–water partition coefficient (Wildman–Crippen LogP) is 3.20. The SMILES string of the molecule is COc1cccc(C=CS(=O)(=O)Cc2ccc(OC)cc2[N+](=O)[O-])c1. The highest BCUT2D eigenvalue weighted by Crippen LogP contribution is 2.26. The molecule has 0 fully saturated rings. The molecule has 0 aromatic heterocycles. The van der Waals surface area contributed by atoms with Gasteiger partial charge >= 0.3 is 0 Å². The van der Waals surface area contributed by atoms with E-state index < -0.39 is 20.5 Å². The van der Waals surface area contributed by atoms with Gasteiger partial charge in [-0.15, -0.1) is 0 Å². The quantitative estimate of drug-likeness (QED) is 0.554. The molecule has 0 spiro atoms. The molecule has 2 rings (SSSR count). The Kier molecular flexibility index (Phi) is 5.76. The van der Waals surface area contributed by atoms with Gasteiger partial charge in [0.1, 0.15) is 11.5 Å². The van der Waals surface area contributed by atoms with Gasteiger partial charge in [-0.3, -0.25) is 10.1 Å². The molecule has 2 aromatic rings. The van der Waals surface area contributed by atoms with E-state index in [0.717, 1.165) is 5.41 Å². The van der Waals surface area contributed by atoms with E-state index in [1.807, 2.05) is 0 Å². The van der Waals surface area contributed by atoms with Gasteiger partial charge in [0.25, 0.3) is 5.69 Å². The van der Waals surface area contributed by atoms with Crippen LogP contribution < -0.4 is 9.47 Å². The number of hydrogen-bond donors (Lipinski definition) is 0. The monoisotopic (exact) mass is 363 g/mol. The zero-order valence-corrected chi connectivity index (χ0v) is 14.5. The van der Waals surface area contributed by atoms with Gasteiger partial charge in [-0.2, -0.15) is 0 Å². The first kappa shape index (κ1) is 18.5. The smallest absolute Gasteiger partial charge is 0.277 e. The first-order valence-electron chi connectivity index (χ1n) is 7.21. The summed E-state index contributed by atoms with van der Waals surface area (Å²) in [6, 6.07) is 11.0. The first-order valence-corrected chi connectivity index (χ1v) is 8.92. The summed E-state index contributed by atoms with van der Waals surface area (Å²) in [5, 5.41) is 12.2. The number of ether oxygens (including phenoxy) is 2. The summed E-state index contributed by atoms with van der Waals surface area (Å²) in [6.45, 7) is 0. The van der Waals surface area contributed by atoms with Gasteiger partial charge in [-0.05, 0) is 35.9 Å². The van der Waals surface area contributed by atoms with E-state index >= 15 is 0 Å². The molecule has 0 bridgehead atoms. The minimum Gasteiger partial charge on any atom is -0.497 e. The van der Waals surface area contributed by atoms with Crippen molar-refractivity contribution in [3.8, 4) is 11.5 Å². The molecule has 0 aliphatic carbocycles. The molecule has 0 unspecified atom stereocenters. The van der Waals surface area contributed by atoms with Crippen LogP contribution in [-0.2, 0) is 15.6 Å². The molecule has 0 N–H and O–H groups in total. The van der Waals surface area contributed by atoms with E-state index in [2.05, 4.69) is 0 Å². The van der Waals surface area contributed by atoms with Gasteiger partial charge in [0.05, 0.1) is 31.0 Å². The Morgan fingerprint density at radius 2 is 1.76 bits per heavy atom. The summed E-state index contributed by atoms with van der Waals surface area (Å²) in [6.07, 6.45) is 1.42. The van der Waals surface area contributed by atoms with E-state index in [1.165, 1.54) is 38.5 Å². The van der Waals surface area contributed by atoms with E-state index in [1.54, 1.807) is 24.3 Å². The molecular formula is C17H17NO6S. The molecule has 0 amide bonds. The minimum absolute atomic E-state index is 0.0982. The lowest BCUT2D eigenvalue weighted by atomic mass is 10.2. The van der Waals surface area contributed by atoms with Crippen LogP contribution in [0.4, 0.5) is 5.69 Å². The van der Waals surface area contributed by atoms with Gasteiger partial charge < -0.3 is 9.47 Å². The summed E-state index contributed by atoms with van der Waals surface area (Å²) in [7, 11) is -0.797. The van der Waals surface area contributed by atoms with Crippen molar-refractivity contribution >= 4 is 21.6 Å². The lowest BCUT2D eigenvalue weighted by Gasteiger charge is -2.05. The van der Waals surface area contributed by atoms with Crippen LogP contribution in [0.1, 0.15) is 11.1 Å². The van der Waals surface area contributed by atoms with Crippen molar-refractivity contribution in [1.82, 2.24) is 0 Å². The highest BCUT2D eigenvalue weighted by atomic mass is 32.2. The van der Waals surface area contributed by atoms with E-state index in [0.29, 0.717) is 17.1 Å². The van der Waals surface area contributed by atoms with Gasteiger partial charge in [0.2, 0.25) is 0 Å². The predicted molar refractivity (Wildman–Crippen MR) is 94.3 cm³/mol. The fourth-order valence-electron chi connectivity index (χ4n) is 2.15. The van der Waals surface area contributed by atoms with Crippen molar-refractivity contribution in [3.63, 3.8) is 0 Å². The third kappa shape index (κ3) is 5.05. The molecule has 0 saturated heterocycles. The van der Waals surface area contributed by atoms with Gasteiger partial charge in [0, 0.05) is 11.0 Å². The molecule has 0 heterocycles. The van der Waals surface area contributed by atoms with E-state index in [-0.39, 0.29) is 11.3 Å². The molecule has 8 heteroatoms. The zero-order chi connectivity index (χ0) is 18.4. The molecule has 2 aromatic carbocycles. The van der Waals surface area contributed by atoms with Crippen LogP contribution >= 0.6 is 0 Å². The van der Waals surface area contributed by atoms with Crippen LogP contribution in [0.5, 0.6) is 11.5 Å². The molecule has 25 heavy (non-hydrogen) atoms.